The van der Waals surface area contributed by atoms with Crippen LogP contribution < -0.4 is 11.3 Å². The van der Waals surface area contributed by atoms with Gasteiger partial charge >= 0.3 is 0 Å². The number of halogens is 3. The van der Waals surface area contributed by atoms with E-state index in [1.807, 2.05) is 4.98 Å². The molecule has 0 aromatic carbocycles. The van der Waals surface area contributed by atoms with E-state index >= 15 is 0 Å². The summed E-state index contributed by atoms with van der Waals surface area (Å²) in [7, 11) is 0. The number of anilines is 1. The topological polar surface area (TPSA) is 58.9 Å². The van der Waals surface area contributed by atoms with Crippen molar-refractivity contribution in [2.24, 2.45) is 0 Å². The average molecular weight is 195 g/mol. The first-order chi connectivity index (χ1) is 5.52. The van der Waals surface area contributed by atoms with E-state index in [4.69, 9.17) is 17.3 Å². The number of hydrogen-bond donors (Lipinski definition) is 2. The summed E-state index contributed by atoms with van der Waals surface area (Å²) in [5.74, 6) is 0. The Balaban J connectivity index is 3.33. The summed E-state index contributed by atoms with van der Waals surface area (Å²) in [5, 5.41) is -0.234. The number of aromatic nitrogens is 1. The van der Waals surface area contributed by atoms with E-state index in [0.29, 0.717) is 0 Å². The van der Waals surface area contributed by atoms with Gasteiger partial charge in [0.15, 0.2) is 0 Å². The summed E-state index contributed by atoms with van der Waals surface area (Å²) in [6.07, 6.45) is -2.80. The summed E-state index contributed by atoms with van der Waals surface area (Å²) in [5.41, 5.74) is 3.58. The first kappa shape index (κ1) is 8.99. The van der Waals surface area contributed by atoms with Crippen molar-refractivity contribution in [1.82, 2.24) is 4.98 Å². The zero-order valence-electron chi connectivity index (χ0n) is 5.77. The Morgan fingerprint density at radius 2 is 2.17 bits per heavy atom. The maximum absolute atomic E-state index is 12.0. The zero-order chi connectivity index (χ0) is 9.30. The van der Waals surface area contributed by atoms with Crippen LogP contribution in [0.25, 0.3) is 0 Å². The highest BCUT2D eigenvalue weighted by atomic mass is 35.5. The molecule has 0 aliphatic carbocycles. The van der Waals surface area contributed by atoms with Crippen LogP contribution in [-0.2, 0) is 0 Å². The summed E-state index contributed by atoms with van der Waals surface area (Å²) in [4.78, 5) is 12.6. The lowest BCUT2D eigenvalue weighted by molar-refractivity contribution is 0.146. The van der Waals surface area contributed by atoms with Gasteiger partial charge < -0.3 is 10.7 Å². The van der Waals surface area contributed by atoms with Crippen molar-refractivity contribution >= 4 is 17.3 Å². The molecule has 0 bridgehead atoms. The molecule has 3 N–H and O–H groups in total. The van der Waals surface area contributed by atoms with Gasteiger partial charge in [-0.1, -0.05) is 11.6 Å². The van der Waals surface area contributed by atoms with E-state index < -0.39 is 17.7 Å². The fraction of sp³-hybridized carbons (Fsp3) is 0.167. The quantitative estimate of drug-likeness (QED) is 0.713. The summed E-state index contributed by atoms with van der Waals surface area (Å²) in [6, 6.07) is 1.00. The van der Waals surface area contributed by atoms with Gasteiger partial charge in [0, 0.05) is 0 Å². The van der Waals surface area contributed by atoms with E-state index in [1.54, 1.807) is 0 Å². The molecule has 1 aromatic rings. The van der Waals surface area contributed by atoms with Crippen LogP contribution in [0.4, 0.5) is 14.5 Å². The maximum atomic E-state index is 12.0. The van der Waals surface area contributed by atoms with Crippen molar-refractivity contribution < 1.29 is 8.78 Å². The van der Waals surface area contributed by atoms with Crippen molar-refractivity contribution in [3.8, 4) is 0 Å². The highest BCUT2D eigenvalue weighted by molar-refractivity contribution is 6.31. The van der Waals surface area contributed by atoms with Crippen LogP contribution >= 0.6 is 11.6 Å². The monoisotopic (exact) mass is 194 g/mol. The van der Waals surface area contributed by atoms with Crippen LogP contribution in [0.5, 0.6) is 0 Å². The smallest absolute Gasteiger partial charge is 0.279 e. The number of nitrogen functional groups attached to an aromatic ring is 1. The van der Waals surface area contributed by atoms with E-state index in [1.165, 1.54) is 0 Å². The highest BCUT2D eigenvalue weighted by Crippen LogP contribution is 2.24. The molecule has 1 heterocycles. The van der Waals surface area contributed by atoms with Crippen molar-refractivity contribution in [2.45, 2.75) is 6.43 Å². The van der Waals surface area contributed by atoms with Crippen molar-refractivity contribution in [3.05, 3.63) is 27.1 Å². The first-order valence-corrected chi connectivity index (χ1v) is 3.36. The van der Waals surface area contributed by atoms with Crippen LogP contribution in [0, 0.1) is 0 Å². The fourth-order valence-corrected chi connectivity index (χ4v) is 0.940. The van der Waals surface area contributed by atoms with Gasteiger partial charge in [-0.15, -0.1) is 0 Å². The van der Waals surface area contributed by atoms with Crippen LogP contribution in [0.15, 0.2) is 10.9 Å². The molecule has 66 valence electrons. The van der Waals surface area contributed by atoms with E-state index in [-0.39, 0.29) is 10.7 Å². The van der Waals surface area contributed by atoms with Crippen LogP contribution in [0.2, 0.25) is 5.02 Å². The summed E-state index contributed by atoms with van der Waals surface area (Å²) < 4.78 is 24.1. The molecule has 0 aliphatic heterocycles. The van der Waals surface area contributed by atoms with Crippen molar-refractivity contribution in [1.29, 1.82) is 0 Å². The molecule has 0 saturated heterocycles. The zero-order valence-corrected chi connectivity index (χ0v) is 6.53. The van der Waals surface area contributed by atoms with Crippen LogP contribution in [-0.4, -0.2) is 4.98 Å². The Bertz CT molecular complexity index is 350. The van der Waals surface area contributed by atoms with Gasteiger partial charge in [-0.25, -0.2) is 8.78 Å². The van der Waals surface area contributed by atoms with Crippen molar-refractivity contribution in [2.75, 3.05) is 5.73 Å². The molecule has 0 amide bonds. The third kappa shape index (κ3) is 1.55. The molecule has 0 aliphatic rings. The van der Waals surface area contributed by atoms with E-state index in [2.05, 4.69) is 0 Å². The minimum Gasteiger partial charge on any atom is -0.394 e. The molecule has 0 fully saturated rings. The lowest BCUT2D eigenvalue weighted by Crippen LogP contribution is -2.14. The normalized spacial score (nSPS) is 10.7. The SMILES string of the molecule is Nc1cc(Cl)c(C(F)F)[nH]c1=O. The van der Waals surface area contributed by atoms with Gasteiger partial charge in [-0.05, 0) is 6.07 Å². The number of aromatic amines is 1. The standard InChI is InChI=1S/C6H5ClF2N2O/c7-2-1-3(10)6(12)11-4(2)5(8)9/h1,5H,10H2,(H,11,12). The Morgan fingerprint density at radius 3 is 2.67 bits per heavy atom. The van der Waals surface area contributed by atoms with Crippen molar-refractivity contribution in [3.63, 3.8) is 0 Å². The Labute approximate surface area is 71.2 Å². The number of nitrogens with two attached hydrogens (primary N) is 1. The predicted octanol–water partition coefficient (Wildman–Crippen LogP) is 1.55. The molecule has 0 unspecified atom stereocenters. The molecule has 0 spiro atoms. The van der Waals surface area contributed by atoms with Crippen LogP contribution in [0.1, 0.15) is 12.1 Å². The predicted molar refractivity (Wildman–Crippen MR) is 41.4 cm³/mol. The third-order valence-corrected chi connectivity index (χ3v) is 1.58. The molecule has 3 nitrogen and oxygen atoms in total. The number of rotatable bonds is 1. The van der Waals surface area contributed by atoms with E-state index in [9.17, 15) is 13.6 Å². The van der Waals surface area contributed by atoms with Crippen LogP contribution in [0.3, 0.4) is 0 Å². The maximum Gasteiger partial charge on any atom is 0.279 e. The van der Waals surface area contributed by atoms with Gasteiger partial charge in [-0.3, -0.25) is 4.79 Å². The molecule has 12 heavy (non-hydrogen) atoms. The van der Waals surface area contributed by atoms with Gasteiger partial charge in [0.2, 0.25) is 0 Å². The number of nitrogens with one attached hydrogen (secondary N) is 1. The second-order valence-electron chi connectivity index (χ2n) is 2.12. The molecular weight excluding hydrogens is 190 g/mol. The molecule has 0 saturated carbocycles. The van der Waals surface area contributed by atoms with Gasteiger partial charge in [0.25, 0.3) is 12.0 Å². The summed E-state index contributed by atoms with van der Waals surface area (Å²) >= 11 is 5.37. The minimum absolute atomic E-state index is 0.176. The fourth-order valence-electron chi connectivity index (χ4n) is 0.693. The Morgan fingerprint density at radius 1 is 1.58 bits per heavy atom. The Hall–Kier alpha value is -1.10. The average Bonchev–Trinajstić information content (AvgIpc) is 1.96. The molecular formula is C6H5ClF2N2O. The number of H-pyrrole nitrogens is 1. The molecule has 0 atom stereocenters. The summed E-state index contributed by atoms with van der Waals surface area (Å²) in [6.45, 7) is 0. The lowest BCUT2D eigenvalue weighted by atomic mass is 10.3. The number of hydrogen-bond acceptors (Lipinski definition) is 2. The third-order valence-electron chi connectivity index (χ3n) is 1.27. The first-order valence-electron chi connectivity index (χ1n) is 2.98. The van der Waals surface area contributed by atoms with Gasteiger partial charge in [-0.2, -0.15) is 0 Å². The van der Waals surface area contributed by atoms with Gasteiger partial charge in [0.05, 0.1) is 10.7 Å². The van der Waals surface area contributed by atoms with Gasteiger partial charge in [0.1, 0.15) is 5.69 Å². The van der Waals surface area contributed by atoms with E-state index in [0.717, 1.165) is 6.07 Å². The number of alkyl halides is 2. The molecule has 1 aromatic heterocycles. The minimum atomic E-state index is -2.80. The highest BCUT2D eigenvalue weighted by Gasteiger charge is 2.13. The molecule has 6 heteroatoms. The lowest BCUT2D eigenvalue weighted by Gasteiger charge is -2.02. The second-order valence-corrected chi connectivity index (χ2v) is 2.52. The number of pyridine rings is 1. The second kappa shape index (κ2) is 3.10. The Kier molecular flexibility index (Phi) is 2.32. The largest absolute Gasteiger partial charge is 0.394 e. The molecule has 1 rings (SSSR count). The molecule has 0 radical (unpaired) electrons.